The van der Waals surface area contributed by atoms with E-state index in [1.54, 1.807) is 0 Å². The quantitative estimate of drug-likeness (QED) is 0.418. The molecule has 2 N–H and O–H groups in total. The third-order valence-electron chi connectivity index (χ3n) is 4.78. The Hall–Kier alpha value is -2.12. The predicted octanol–water partition coefficient (Wildman–Crippen LogP) is 0.557. The second-order valence-electron chi connectivity index (χ2n) is 6.62. The highest BCUT2D eigenvalue weighted by molar-refractivity contribution is 6.09. The van der Waals surface area contributed by atoms with E-state index in [9.17, 15) is 19.2 Å². The molecule has 0 atom stereocenters. The van der Waals surface area contributed by atoms with Crippen molar-refractivity contribution in [1.82, 2.24) is 15.5 Å². The highest BCUT2D eigenvalue weighted by Crippen LogP contribution is 2.36. The lowest BCUT2D eigenvalue weighted by Crippen LogP contribution is -2.49. The summed E-state index contributed by atoms with van der Waals surface area (Å²) in [6.07, 6.45) is 3.67. The normalized spacial score (nSPS) is 26.4. The lowest BCUT2D eigenvalue weighted by molar-refractivity contribution is -0.140. The van der Waals surface area contributed by atoms with Gasteiger partial charge in [0.15, 0.2) is 0 Å². The van der Waals surface area contributed by atoms with Crippen LogP contribution in [0.2, 0.25) is 0 Å². The number of esters is 1. The van der Waals surface area contributed by atoms with Gasteiger partial charge < -0.3 is 15.4 Å². The lowest BCUT2D eigenvalue weighted by Gasteiger charge is -2.33. The van der Waals surface area contributed by atoms with Crippen molar-refractivity contribution >= 4 is 23.8 Å². The van der Waals surface area contributed by atoms with Crippen LogP contribution in [0.4, 0.5) is 4.79 Å². The number of amides is 4. The van der Waals surface area contributed by atoms with Gasteiger partial charge in [-0.1, -0.05) is 6.92 Å². The number of urea groups is 1. The molecule has 2 aliphatic rings. The average Bonchev–Trinajstić information content (AvgIpc) is 2.78. The predicted molar refractivity (Wildman–Crippen MR) is 84.9 cm³/mol. The summed E-state index contributed by atoms with van der Waals surface area (Å²) in [5, 5.41) is 5.39. The zero-order valence-electron chi connectivity index (χ0n) is 14.2. The molecule has 24 heavy (non-hydrogen) atoms. The molecule has 134 valence electrons. The van der Waals surface area contributed by atoms with E-state index >= 15 is 0 Å². The maximum absolute atomic E-state index is 12.6. The first kappa shape index (κ1) is 18.2. The number of carbonyl (C=O) groups excluding carboxylic acids is 4. The van der Waals surface area contributed by atoms with E-state index in [1.165, 1.54) is 7.11 Å². The fourth-order valence-corrected chi connectivity index (χ4v) is 3.18. The molecular weight excluding hydrogens is 314 g/mol. The van der Waals surface area contributed by atoms with Crippen LogP contribution < -0.4 is 10.6 Å². The van der Waals surface area contributed by atoms with E-state index in [4.69, 9.17) is 0 Å². The minimum Gasteiger partial charge on any atom is -0.469 e. The first-order valence-electron chi connectivity index (χ1n) is 8.35. The highest BCUT2D eigenvalue weighted by Gasteiger charge is 2.52. The number of imide groups is 1. The van der Waals surface area contributed by atoms with E-state index in [0.717, 1.165) is 17.7 Å². The molecule has 0 unspecified atom stereocenters. The molecule has 8 nitrogen and oxygen atoms in total. The van der Waals surface area contributed by atoms with Gasteiger partial charge in [-0.15, -0.1) is 0 Å². The van der Waals surface area contributed by atoms with E-state index < -0.39 is 17.5 Å². The molecular formula is C16H25N3O5. The molecule has 8 heteroatoms. The number of rotatable bonds is 6. The smallest absolute Gasteiger partial charge is 0.325 e. The maximum atomic E-state index is 12.6. The van der Waals surface area contributed by atoms with Crippen LogP contribution in [-0.4, -0.2) is 54.5 Å². The number of nitrogens with zero attached hydrogens (tertiary/aromatic N) is 1. The number of carbonyl (C=O) groups is 4. The Morgan fingerprint density at radius 2 is 2.00 bits per heavy atom. The van der Waals surface area contributed by atoms with Crippen LogP contribution in [0.5, 0.6) is 0 Å². The summed E-state index contributed by atoms with van der Waals surface area (Å²) in [7, 11) is 1.31. The van der Waals surface area contributed by atoms with Gasteiger partial charge in [-0.3, -0.25) is 19.3 Å². The molecule has 4 amide bonds. The number of methoxy groups -OCH3 is 1. The van der Waals surface area contributed by atoms with Crippen molar-refractivity contribution in [2.24, 2.45) is 5.92 Å². The third-order valence-corrected chi connectivity index (χ3v) is 4.78. The summed E-state index contributed by atoms with van der Waals surface area (Å²) in [4.78, 5) is 48.6. The number of hydrogen-bond acceptors (Lipinski definition) is 5. The van der Waals surface area contributed by atoms with E-state index in [1.807, 2.05) is 0 Å². The summed E-state index contributed by atoms with van der Waals surface area (Å²) >= 11 is 0. The van der Waals surface area contributed by atoms with Crippen molar-refractivity contribution < 1.29 is 23.9 Å². The Balaban J connectivity index is 1.82. The second kappa shape index (κ2) is 7.63. The van der Waals surface area contributed by atoms with Crippen molar-refractivity contribution in [3.05, 3.63) is 0 Å². The van der Waals surface area contributed by atoms with Crippen LogP contribution >= 0.6 is 0 Å². The fraction of sp³-hybridized carbons (Fsp3) is 0.750. The van der Waals surface area contributed by atoms with Crippen LogP contribution in [0.1, 0.15) is 45.4 Å². The molecule has 1 aliphatic heterocycles. The van der Waals surface area contributed by atoms with E-state index in [0.29, 0.717) is 31.7 Å². The monoisotopic (exact) mass is 339 g/mol. The van der Waals surface area contributed by atoms with Gasteiger partial charge in [0, 0.05) is 13.0 Å². The van der Waals surface area contributed by atoms with E-state index in [2.05, 4.69) is 22.3 Å². The summed E-state index contributed by atoms with van der Waals surface area (Å²) in [6.45, 7) is 2.13. The van der Waals surface area contributed by atoms with Crippen LogP contribution in [0, 0.1) is 5.92 Å². The van der Waals surface area contributed by atoms with Crippen LogP contribution in [0.15, 0.2) is 0 Å². The Labute approximate surface area is 141 Å². The van der Waals surface area contributed by atoms with Gasteiger partial charge in [-0.2, -0.15) is 0 Å². The molecule has 0 radical (unpaired) electrons. The van der Waals surface area contributed by atoms with Gasteiger partial charge in [0.25, 0.3) is 5.91 Å². The summed E-state index contributed by atoms with van der Waals surface area (Å²) < 4.78 is 4.51. The first-order chi connectivity index (χ1) is 11.4. The van der Waals surface area contributed by atoms with Gasteiger partial charge in [-0.25, -0.2) is 4.79 Å². The van der Waals surface area contributed by atoms with Gasteiger partial charge >= 0.3 is 12.0 Å². The van der Waals surface area contributed by atoms with Crippen molar-refractivity contribution in [2.45, 2.75) is 51.0 Å². The Kier molecular flexibility index (Phi) is 5.80. The third kappa shape index (κ3) is 4.04. The van der Waals surface area contributed by atoms with Crippen LogP contribution in [-0.2, 0) is 19.1 Å². The molecule has 0 aromatic heterocycles. The Morgan fingerprint density at radius 3 is 2.62 bits per heavy atom. The molecule has 2 fully saturated rings. The minimum absolute atomic E-state index is 0.210. The van der Waals surface area contributed by atoms with Crippen molar-refractivity contribution in [1.29, 1.82) is 0 Å². The number of nitrogens with one attached hydrogen (secondary N) is 2. The summed E-state index contributed by atoms with van der Waals surface area (Å²) in [5.74, 6) is -0.506. The SMILES string of the molecule is COC(=O)CCCNC(=O)CN1C(=O)NC2(CCC(C)CC2)C1=O. The first-order valence-corrected chi connectivity index (χ1v) is 8.35. The number of ether oxygens (including phenoxy) is 1. The summed E-state index contributed by atoms with van der Waals surface area (Å²) in [5.41, 5.74) is -0.825. The standard InChI is InChI=1S/C16H25N3O5/c1-11-5-7-16(8-6-11)14(22)19(15(23)18-16)10-12(20)17-9-3-4-13(21)24-2/h11H,3-10H2,1-2H3,(H,17,20)(H,18,23). The summed E-state index contributed by atoms with van der Waals surface area (Å²) in [6, 6.07) is -0.501. The molecule has 0 aromatic carbocycles. The minimum atomic E-state index is -0.825. The zero-order chi connectivity index (χ0) is 17.7. The second-order valence-corrected chi connectivity index (χ2v) is 6.62. The van der Waals surface area contributed by atoms with Crippen molar-refractivity contribution in [3.63, 3.8) is 0 Å². The maximum Gasteiger partial charge on any atom is 0.325 e. The molecule has 1 aliphatic carbocycles. The lowest BCUT2D eigenvalue weighted by atomic mass is 9.77. The molecule has 1 heterocycles. The Bertz CT molecular complexity index is 526. The van der Waals surface area contributed by atoms with Gasteiger partial charge in [-0.05, 0) is 38.0 Å². The number of hydrogen-bond donors (Lipinski definition) is 2. The highest BCUT2D eigenvalue weighted by atomic mass is 16.5. The van der Waals surface area contributed by atoms with Crippen molar-refractivity contribution in [3.8, 4) is 0 Å². The molecule has 0 bridgehead atoms. The van der Waals surface area contributed by atoms with Gasteiger partial charge in [0.05, 0.1) is 7.11 Å². The Morgan fingerprint density at radius 1 is 1.33 bits per heavy atom. The van der Waals surface area contributed by atoms with Crippen molar-refractivity contribution in [2.75, 3.05) is 20.2 Å². The van der Waals surface area contributed by atoms with Crippen LogP contribution in [0.25, 0.3) is 0 Å². The largest absolute Gasteiger partial charge is 0.469 e. The topological polar surface area (TPSA) is 105 Å². The average molecular weight is 339 g/mol. The van der Waals surface area contributed by atoms with E-state index in [-0.39, 0.29) is 24.8 Å². The molecule has 0 aromatic rings. The van der Waals surface area contributed by atoms with Gasteiger partial charge in [0.1, 0.15) is 12.1 Å². The fourth-order valence-electron chi connectivity index (χ4n) is 3.18. The molecule has 1 spiro atoms. The molecule has 1 saturated heterocycles. The zero-order valence-corrected chi connectivity index (χ0v) is 14.2. The molecule has 2 rings (SSSR count). The molecule has 1 saturated carbocycles. The van der Waals surface area contributed by atoms with Gasteiger partial charge in [0.2, 0.25) is 5.91 Å². The van der Waals surface area contributed by atoms with Crippen LogP contribution in [0.3, 0.4) is 0 Å².